The molecular formula is C15H11Br2N3O2. The van der Waals surface area contributed by atoms with Crippen LogP contribution in [0.1, 0.15) is 15.9 Å². The van der Waals surface area contributed by atoms with E-state index in [9.17, 15) is 9.70 Å². The minimum absolute atomic E-state index is 0.125. The van der Waals surface area contributed by atoms with Crippen LogP contribution in [-0.4, -0.2) is 18.2 Å². The molecule has 2 aromatic carbocycles. The summed E-state index contributed by atoms with van der Waals surface area (Å²) in [6, 6.07) is 14.2. The zero-order valence-corrected chi connectivity index (χ0v) is 14.5. The van der Waals surface area contributed by atoms with Crippen LogP contribution in [0, 0.1) is 4.91 Å². The van der Waals surface area contributed by atoms with Gasteiger partial charge in [-0.25, -0.2) is 5.43 Å². The molecule has 0 unspecified atom stereocenters. The summed E-state index contributed by atoms with van der Waals surface area (Å²) >= 11 is 6.64. The van der Waals surface area contributed by atoms with E-state index in [0.717, 1.165) is 14.5 Å². The Morgan fingerprint density at radius 2 is 1.73 bits per heavy atom. The highest BCUT2D eigenvalue weighted by Gasteiger charge is 2.08. The maximum absolute atomic E-state index is 12.0. The fourth-order valence-corrected chi connectivity index (χ4v) is 2.37. The molecule has 0 atom stereocenters. The number of halogens is 2. The molecule has 2 aromatic rings. The zero-order valence-electron chi connectivity index (χ0n) is 11.3. The van der Waals surface area contributed by atoms with Crippen molar-refractivity contribution in [2.45, 2.75) is 0 Å². The molecule has 1 N–H and O–H groups in total. The molecule has 1 amide bonds. The second-order valence-electron chi connectivity index (χ2n) is 4.30. The van der Waals surface area contributed by atoms with Crippen LogP contribution < -0.4 is 5.43 Å². The molecule has 0 aromatic heterocycles. The predicted octanol–water partition coefficient (Wildman–Crippen LogP) is 4.11. The summed E-state index contributed by atoms with van der Waals surface area (Å²) in [4.78, 5) is 22.6. The van der Waals surface area contributed by atoms with Crippen LogP contribution in [0.25, 0.3) is 0 Å². The molecule has 5 nitrogen and oxygen atoms in total. The highest BCUT2D eigenvalue weighted by atomic mass is 79.9. The molecule has 7 heteroatoms. The van der Waals surface area contributed by atoms with E-state index in [4.69, 9.17) is 0 Å². The third kappa shape index (κ3) is 4.57. The number of rotatable bonds is 5. The standard InChI is InChI=1S/C15H11Br2N3O2/c16-12-6-4-10(5-7-12)14(9-18-22)19-20-15(21)11-2-1-3-13(17)8-11/h1-8H,9H2,(H,20,21). The summed E-state index contributed by atoms with van der Waals surface area (Å²) in [7, 11) is 0. The molecule has 0 aliphatic rings. The molecular weight excluding hydrogens is 414 g/mol. The molecule has 0 bridgehead atoms. The fourth-order valence-electron chi connectivity index (χ4n) is 1.71. The van der Waals surface area contributed by atoms with E-state index in [1.807, 2.05) is 18.2 Å². The number of carbonyl (C=O) groups excluding carboxylic acids is 1. The van der Waals surface area contributed by atoms with Gasteiger partial charge in [0.2, 0.25) is 0 Å². The van der Waals surface area contributed by atoms with Crippen molar-refractivity contribution in [3.63, 3.8) is 0 Å². The number of carbonyl (C=O) groups is 1. The third-order valence-corrected chi connectivity index (χ3v) is 3.79. The van der Waals surface area contributed by atoms with E-state index in [2.05, 4.69) is 47.6 Å². The first kappa shape index (κ1) is 16.5. The zero-order chi connectivity index (χ0) is 15.9. The van der Waals surface area contributed by atoms with E-state index in [1.54, 1.807) is 30.3 Å². The SMILES string of the molecule is O=NCC(=NNC(=O)c1cccc(Br)c1)c1ccc(Br)cc1. The molecule has 0 saturated carbocycles. The summed E-state index contributed by atoms with van der Waals surface area (Å²) in [5, 5.41) is 6.86. The van der Waals surface area contributed by atoms with Gasteiger partial charge in [-0.3, -0.25) is 4.79 Å². The summed E-state index contributed by atoms with van der Waals surface area (Å²) in [6.07, 6.45) is 0. The molecule has 0 aliphatic carbocycles. The molecule has 0 fully saturated rings. The van der Waals surface area contributed by atoms with Gasteiger partial charge in [0.1, 0.15) is 6.54 Å². The number of nitrogens with zero attached hydrogens (tertiary/aromatic N) is 2. The van der Waals surface area contributed by atoms with Gasteiger partial charge in [0.15, 0.2) is 0 Å². The number of nitrogens with one attached hydrogen (secondary N) is 1. The second kappa shape index (κ2) is 7.95. The minimum Gasteiger partial charge on any atom is -0.267 e. The van der Waals surface area contributed by atoms with Gasteiger partial charge < -0.3 is 0 Å². The average Bonchev–Trinajstić information content (AvgIpc) is 2.52. The van der Waals surface area contributed by atoms with Crippen LogP contribution in [0.5, 0.6) is 0 Å². The van der Waals surface area contributed by atoms with Crippen molar-refractivity contribution in [1.82, 2.24) is 5.43 Å². The summed E-state index contributed by atoms with van der Waals surface area (Å²) in [6.45, 7) is -0.125. The van der Waals surface area contributed by atoms with Gasteiger partial charge in [-0.15, -0.1) is 0 Å². The van der Waals surface area contributed by atoms with Crippen molar-refractivity contribution in [1.29, 1.82) is 0 Å². The number of benzene rings is 2. The van der Waals surface area contributed by atoms with Gasteiger partial charge in [-0.1, -0.05) is 55.2 Å². The van der Waals surface area contributed by atoms with Crippen molar-refractivity contribution >= 4 is 43.5 Å². The normalized spacial score (nSPS) is 11.1. The molecule has 112 valence electrons. The monoisotopic (exact) mass is 423 g/mol. The van der Waals surface area contributed by atoms with Crippen LogP contribution in [0.2, 0.25) is 0 Å². The Morgan fingerprint density at radius 3 is 2.36 bits per heavy atom. The number of amides is 1. The highest BCUT2D eigenvalue weighted by molar-refractivity contribution is 9.10. The van der Waals surface area contributed by atoms with E-state index in [0.29, 0.717) is 11.3 Å². The first-order valence-corrected chi connectivity index (χ1v) is 7.86. The van der Waals surface area contributed by atoms with Crippen molar-refractivity contribution in [3.05, 3.63) is 73.5 Å². The summed E-state index contributed by atoms with van der Waals surface area (Å²) in [5.41, 5.74) is 4.02. The van der Waals surface area contributed by atoms with Crippen molar-refractivity contribution in [2.75, 3.05) is 6.54 Å². The highest BCUT2D eigenvalue weighted by Crippen LogP contribution is 2.13. The fraction of sp³-hybridized carbons (Fsp3) is 0.0667. The van der Waals surface area contributed by atoms with Crippen LogP contribution >= 0.6 is 31.9 Å². The van der Waals surface area contributed by atoms with Crippen LogP contribution in [-0.2, 0) is 0 Å². The average molecular weight is 425 g/mol. The van der Waals surface area contributed by atoms with Crippen molar-refractivity contribution in [2.24, 2.45) is 10.3 Å². The van der Waals surface area contributed by atoms with Gasteiger partial charge in [0, 0.05) is 14.5 Å². The lowest BCUT2D eigenvalue weighted by molar-refractivity contribution is 0.0955. The number of hydrazone groups is 1. The Bertz CT molecular complexity index is 715. The first-order chi connectivity index (χ1) is 10.6. The Labute approximate surface area is 144 Å². The molecule has 2 rings (SSSR count). The lowest BCUT2D eigenvalue weighted by Gasteiger charge is -2.05. The maximum Gasteiger partial charge on any atom is 0.271 e. The Kier molecular flexibility index (Phi) is 5.97. The van der Waals surface area contributed by atoms with Crippen molar-refractivity contribution in [3.8, 4) is 0 Å². The Hall–Kier alpha value is -1.86. The topological polar surface area (TPSA) is 70.9 Å². The Balaban J connectivity index is 2.18. The first-order valence-electron chi connectivity index (χ1n) is 6.27. The number of nitroso groups, excluding NO2 is 1. The summed E-state index contributed by atoms with van der Waals surface area (Å²) < 4.78 is 1.71. The molecule has 0 radical (unpaired) electrons. The van der Waals surface area contributed by atoms with Gasteiger partial charge in [-0.05, 0) is 35.9 Å². The maximum atomic E-state index is 12.0. The quantitative estimate of drug-likeness (QED) is 0.445. The number of hydrogen-bond donors (Lipinski definition) is 1. The van der Waals surface area contributed by atoms with E-state index in [1.165, 1.54) is 0 Å². The second-order valence-corrected chi connectivity index (χ2v) is 6.14. The van der Waals surface area contributed by atoms with Crippen molar-refractivity contribution < 1.29 is 4.79 Å². The van der Waals surface area contributed by atoms with E-state index in [-0.39, 0.29) is 12.5 Å². The molecule has 0 spiro atoms. The molecule has 0 aliphatic heterocycles. The number of hydrogen-bond acceptors (Lipinski definition) is 4. The minimum atomic E-state index is -0.359. The van der Waals surface area contributed by atoms with Gasteiger partial charge in [-0.2, -0.15) is 10.0 Å². The van der Waals surface area contributed by atoms with E-state index < -0.39 is 0 Å². The molecule has 22 heavy (non-hydrogen) atoms. The third-order valence-electron chi connectivity index (χ3n) is 2.77. The van der Waals surface area contributed by atoms with E-state index >= 15 is 0 Å². The largest absolute Gasteiger partial charge is 0.271 e. The van der Waals surface area contributed by atoms with Crippen LogP contribution in [0.15, 0.2) is 67.8 Å². The van der Waals surface area contributed by atoms with Gasteiger partial charge >= 0.3 is 0 Å². The van der Waals surface area contributed by atoms with Crippen LogP contribution in [0.3, 0.4) is 0 Å². The predicted molar refractivity (Wildman–Crippen MR) is 92.9 cm³/mol. The van der Waals surface area contributed by atoms with Gasteiger partial charge in [0.25, 0.3) is 5.91 Å². The van der Waals surface area contributed by atoms with Crippen LogP contribution in [0.4, 0.5) is 0 Å². The summed E-state index contributed by atoms with van der Waals surface area (Å²) in [5.74, 6) is -0.359. The van der Waals surface area contributed by atoms with Gasteiger partial charge in [0.05, 0.1) is 5.71 Å². The Morgan fingerprint density at radius 1 is 1.00 bits per heavy atom. The molecule has 0 saturated heterocycles. The lowest BCUT2D eigenvalue weighted by atomic mass is 10.1. The lowest BCUT2D eigenvalue weighted by Crippen LogP contribution is -2.21. The smallest absolute Gasteiger partial charge is 0.267 e. The molecule has 0 heterocycles.